The lowest BCUT2D eigenvalue weighted by molar-refractivity contribution is -0.147. The number of unbranched alkanes of at least 4 members (excludes halogenated alkanes) is 1. The number of fused-ring (bicyclic) bond motifs is 2. The van der Waals surface area contributed by atoms with Crippen LogP contribution in [0.15, 0.2) is 28.7 Å². The number of carbonyl (C=O) groups is 6. The Morgan fingerprint density at radius 1 is 0.625 bits per heavy atom. The summed E-state index contributed by atoms with van der Waals surface area (Å²) in [5, 5.41) is -2.06. The number of benzene rings is 3. The summed E-state index contributed by atoms with van der Waals surface area (Å²) in [4.78, 5) is 81.1. The van der Waals surface area contributed by atoms with E-state index in [0.717, 1.165) is 9.37 Å². The van der Waals surface area contributed by atoms with Crippen LogP contribution in [0.4, 0.5) is 0 Å². The van der Waals surface area contributed by atoms with Crippen LogP contribution in [0, 0.1) is 0 Å². The van der Waals surface area contributed by atoms with Gasteiger partial charge < -0.3 is 4.74 Å². The number of hydrogen-bond donors (Lipinski definition) is 0. The van der Waals surface area contributed by atoms with E-state index in [2.05, 4.69) is 15.9 Å². The molecule has 4 amide bonds. The summed E-state index contributed by atoms with van der Waals surface area (Å²) in [6.45, 7) is -0.885. The normalized spacial score (nSPS) is 14.5. The van der Waals surface area contributed by atoms with Gasteiger partial charge in [-0.3, -0.25) is 33.8 Å². The second kappa shape index (κ2) is 14.6. The number of rotatable bonds is 10. The fourth-order valence-electron chi connectivity index (χ4n) is 5.16. The van der Waals surface area contributed by atoms with Crippen molar-refractivity contribution in [1.29, 1.82) is 0 Å². The van der Waals surface area contributed by atoms with Crippen molar-refractivity contribution in [1.82, 2.24) is 9.80 Å². The van der Waals surface area contributed by atoms with Gasteiger partial charge in [-0.2, -0.15) is 0 Å². The molecule has 250 valence electrons. The number of imide groups is 2. The number of halogens is 9. The Bertz CT molecular complexity index is 1880. The Kier molecular flexibility index (Phi) is 11.3. The largest absolute Gasteiger partial charge is 0.456 e. The SMILES string of the molecule is O=C(COC(=O)C(CCCCN1C(=O)c2c(Cl)c(Cl)c(Cl)c(Cl)c2C1=O)N1C(=O)c2c(Cl)c(Cl)c(Cl)c(Cl)c2C1=O)c1ccc(Br)cc1. The van der Waals surface area contributed by atoms with Crippen LogP contribution < -0.4 is 0 Å². The predicted octanol–water partition coefficient (Wildman–Crippen LogP) is 9.53. The van der Waals surface area contributed by atoms with E-state index < -0.39 is 48.0 Å². The van der Waals surface area contributed by atoms with Crippen molar-refractivity contribution in [3.63, 3.8) is 0 Å². The van der Waals surface area contributed by atoms with Gasteiger partial charge in [0.15, 0.2) is 12.4 Å². The Hall–Kier alpha value is -2.12. The molecule has 0 spiro atoms. The van der Waals surface area contributed by atoms with Crippen LogP contribution in [-0.4, -0.2) is 64.4 Å². The first kappa shape index (κ1) is 37.1. The summed E-state index contributed by atoms with van der Waals surface area (Å²) in [6.07, 6.45) is -0.102. The minimum Gasteiger partial charge on any atom is -0.456 e. The van der Waals surface area contributed by atoms with Crippen molar-refractivity contribution in [2.75, 3.05) is 13.2 Å². The molecular weight excluding hydrogens is 864 g/mol. The third-order valence-electron chi connectivity index (χ3n) is 7.52. The number of nitrogens with zero attached hydrogens (tertiary/aromatic N) is 2. The van der Waals surface area contributed by atoms with E-state index in [1.54, 1.807) is 12.1 Å². The lowest BCUT2D eigenvalue weighted by Crippen LogP contribution is -2.46. The molecule has 5 rings (SSSR count). The van der Waals surface area contributed by atoms with Gasteiger partial charge in [0.25, 0.3) is 23.6 Å². The van der Waals surface area contributed by atoms with Crippen LogP contribution in [0.1, 0.15) is 71.1 Å². The Morgan fingerprint density at radius 3 is 1.48 bits per heavy atom. The number of ketones is 1. The van der Waals surface area contributed by atoms with Gasteiger partial charge in [0, 0.05) is 16.6 Å². The molecule has 1 atom stereocenters. The first-order valence-corrected chi connectivity index (χ1v) is 17.3. The Balaban J connectivity index is 1.36. The van der Waals surface area contributed by atoms with Crippen LogP contribution in [0.25, 0.3) is 0 Å². The van der Waals surface area contributed by atoms with E-state index in [1.807, 2.05) is 0 Å². The van der Waals surface area contributed by atoms with Crippen molar-refractivity contribution in [2.24, 2.45) is 0 Å². The van der Waals surface area contributed by atoms with E-state index in [1.165, 1.54) is 12.1 Å². The molecule has 0 bridgehead atoms. The minimum absolute atomic E-state index is 0.0488. The molecule has 0 N–H and O–H groups in total. The summed E-state index contributed by atoms with van der Waals surface area (Å²) >= 11 is 52.6. The zero-order chi connectivity index (χ0) is 35.4. The summed E-state index contributed by atoms with van der Waals surface area (Å²) in [5.74, 6) is -5.17. The number of Topliss-reactive ketones (excluding diaryl/α,β-unsaturated/α-hetero) is 1. The number of carbonyl (C=O) groups excluding carboxylic acids is 6. The van der Waals surface area contributed by atoms with E-state index in [0.29, 0.717) is 4.90 Å². The Morgan fingerprint density at radius 2 is 1.04 bits per heavy atom. The van der Waals surface area contributed by atoms with E-state index in [9.17, 15) is 28.8 Å². The molecule has 0 radical (unpaired) electrons. The maximum Gasteiger partial charge on any atom is 0.329 e. The van der Waals surface area contributed by atoms with Crippen LogP contribution >= 0.6 is 109 Å². The third kappa shape index (κ3) is 6.45. The van der Waals surface area contributed by atoms with Crippen molar-refractivity contribution in [2.45, 2.75) is 25.3 Å². The molecule has 2 aliphatic rings. The highest BCUT2D eigenvalue weighted by atomic mass is 79.9. The smallest absolute Gasteiger partial charge is 0.329 e. The predicted molar refractivity (Wildman–Crippen MR) is 186 cm³/mol. The maximum atomic E-state index is 13.6. The van der Waals surface area contributed by atoms with Gasteiger partial charge in [0.1, 0.15) is 6.04 Å². The fourth-order valence-corrected chi connectivity index (χ4v) is 7.45. The second-order valence-electron chi connectivity index (χ2n) is 10.3. The molecule has 0 aromatic heterocycles. The first-order chi connectivity index (χ1) is 22.6. The molecule has 9 nitrogen and oxygen atoms in total. The van der Waals surface area contributed by atoms with Gasteiger partial charge in [0.05, 0.1) is 62.4 Å². The lowest BCUT2D eigenvalue weighted by atomic mass is 10.1. The van der Waals surface area contributed by atoms with Gasteiger partial charge in [-0.05, 0) is 31.4 Å². The van der Waals surface area contributed by atoms with Crippen LogP contribution in [0.3, 0.4) is 0 Å². The van der Waals surface area contributed by atoms with Gasteiger partial charge in [-0.1, -0.05) is 121 Å². The van der Waals surface area contributed by atoms with E-state index >= 15 is 0 Å². The fraction of sp³-hybridized carbons (Fsp3) is 0.200. The molecule has 3 aromatic rings. The highest BCUT2D eigenvalue weighted by Gasteiger charge is 2.47. The molecule has 1 unspecified atom stereocenters. The number of hydrogen-bond acceptors (Lipinski definition) is 7. The summed E-state index contributed by atoms with van der Waals surface area (Å²) < 4.78 is 6.01. The van der Waals surface area contributed by atoms with E-state index in [-0.39, 0.29) is 93.8 Å². The van der Waals surface area contributed by atoms with Gasteiger partial charge >= 0.3 is 5.97 Å². The van der Waals surface area contributed by atoms with Crippen molar-refractivity contribution in [3.8, 4) is 0 Å². The number of esters is 1. The molecule has 48 heavy (non-hydrogen) atoms. The molecule has 0 fully saturated rings. The molecule has 2 heterocycles. The zero-order valence-corrected chi connectivity index (χ0v) is 31.2. The summed E-state index contributed by atoms with van der Waals surface area (Å²) in [7, 11) is 0. The molecule has 2 aliphatic heterocycles. The number of ether oxygens (including phenoxy) is 1. The topological polar surface area (TPSA) is 118 Å². The molecule has 18 heteroatoms. The zero-order valence-electron chi connectivity index (χ0n) is 23.6. The summed E-state index contributed by atoms with van der Waals surface area (Å²) in [5.41, 5.74) is -0.871. The minimum atomic E-state index is -1.59. The summed E-state index contributed by atoms with van der Waals surface area (Å²) in [6, 6.07) is 4.69. The Labute approximate surface area is 320 Å². The third-order valence-corrected chi connectivity index (χ3v) is 11.7. The quantitative estimate of drug-likeness (QED) is 0.0497. The van der Waals surface area contributed by atoms with Gasteiger partial charge in [-0.25, -0.2) is 4.79 Å². The van der Waals surface area contributed by atoms with Crippen molar-refractivity contribution in [3.05, 3.63) is 96.7 Å². The molecule has 0 saturated carbocycles. The van der Waals surface area contributed by atoms with Gasteiger partial charge in [0.2, 0.25) is 0 Å². The highest BCUT2D eigenvalue weighted by molar-refractivity contribution is 9.10. The average Bonchev–Trinajstić information content (AvgIpc) is 3.47. The molecule has 0 saturated heterocycles. The first-order valence-electron chi connectivity index (χ1n) is 13.5. The second-order valence-corrected chi connectivity index (χ2v) is 14.2. The molecular formula is C30H15BrCl8N2O7. The molecule has 3 aromatic carbocycles. The molecule has 0 aliphatic carbocycles. The maximum absolute atomic E-state index is 13.6. The van der Waals surface area contributed by atoms with Crippen LogP contribution in [0.2, 0.25) is 40.2 Å². The van der Waals surface area contributed by atoms with Crippen LogP contribution in [0.5, 0.6) is 0 Å². The standard InChI is InChI=1S/C30H15BrCl8N2O7/c31-11-6-4-10(5-7-11)13(42)9-48-30(47)12(41-28(45)16-17(29(41)46)21(35)25(39)24(38)20(16)34)3-1-2-8-40-26(43)14-15(27(40)44)19(33)23(37)22(36)18(14)32/h4-7,12H,1-3,8-9H2. The van der Waals surface area contributed by atoms with Gasteiger partial charge in [-0.15, -0.1) is 0 Å². The van der Waals surface area contributed by atoms with E-state index in [4.69, 9.17) is 97.5 Å². The average molecular weight is 879 g/mol. The highest BCUT2D eigenvalue weighted by Crippen LogP contribution is 2.46. The van der Waals surface area contributed by atoms with Crippen LogP contribution in [-0.2, 0) is 9.53 Å². The van der Waals surface area contributed by atoms with Crippen molar-refractivity contribution >= 4 is 144 Å². The monoisotopic (exact) mass is 874 g/mol. The number of amides is 4. The lowest BCUT2D eigenvalue weighted by Gasteiger charge is -2.25. The van der Waals surface area contributed by atoms with Crippen molar-refractivity contribution < 1.29 is 33.5 Å².